The Hall–Kier alpha value is -0.930. The number of unbranched alkanes of at least 4 members (excludes halogenated alkanes) is 6. The van der Waals surface area contributed by atoms with Gasteiger partial charge in [0.15, 0.2) is 6.29 Å². The highest BCUT2D eigenvalue weighted by atomic mass is 19.1. The van der Waals surface area contributed by atoms with Gasteiger partial charge in [-0.05, 0) is 36.8 Å². The van der Waals surface area contributed by atoms with E-state index in [4.69, 9.17) is 9.47 Å². The van der Waals surface area contributed by atoms with Crippen LogP contribution in [-0.4, -0.2) is 13.2 Å². The zero-order valence-corrected chi connectivity index (χ0v) is 17.7. The molecule has 1 saturated carbocycles. The minimum atomic E-state index is -0.328. The summed E-state index contributed by atoms with van der Waals surface area (Å²) < 4.78 is 25.0. The molecule has 1 aliphatic carbocycles. The van der Waals surface area contributed by atoms with E-state index in [1.807, 2.05) is 0 Å². The van der Waals surface area contributed by atoms with E-state index in [9.17, 15) is 4.39 Å². The van der Waals surface area contributed by atoms with Crippen LogP contribution in [0.3, 0.4) is 0 Å². The predicted octanol–water partition coefficient (Wildman–Crippen LogP) is 7.43. The standard InChI is InChI=1S/C25H39FO2/c1-2-3-4-5-6-7-8-9-20-10-12-21(13-11-20)23-18-27-25(28-19-23)22-14-16-24(26)17-15-22/h14-17,20-21,23,25H,2-13,18-19H2,1H3/t20-,21-,23-,25-. The normalized spacial score (nSPS) is 28.4. The minimum Gasteiger partial charge on any atom is -0.348 e. The van der Waals surface area contributed by atoms with Crippen LogP contribution in [0, 0.1) is 23.6 Å². The van der Waals surface area contributed by atoms with Crippen molar-refractivity contribution in [2.45, 2.75) is 90.3 Å². The van der Waals surface area contributed by atoms with Gasteiger partial charge in [0.1, 0.15) is 5.82 Å². The van der Waals surface area contributed by atoms with E-state index in [-0.39, 0.29) is 12.1 Å². The molecule has 0 amide bonds. The predicted molar refractivity (Wildman–Crippen MR) is 113 cm³/mol. The number of halogens is 1. The van der Waals surface area contributed by atoms with Gasteiger partial charge in [0.05, 0.1) is 13.2 Å². The lowest BCUT2D eigenvalue weighted by Gasteiger charge is -2.38. The third kappa shape index (κ3) is 6.84. The van der Waals surface area contributed by atoms with Crippen LogP contribution >= 0.6 is 0 Å². The van der Waals surface area contributed by atoms with Crippen molar-refractivity contribution in [3.63, 3.8) is 0 Å². The molecule has 0 aromatic heterocycles. The lowest BCUT2D eigenvalue weighted by Crippen LogP contribution is -2.34. The monoisotopic (exact) mass is 390 g/mol. The van der Waals surface area contributed by atoms with E-state index in [1.165, 1.54) is 89.2 Å². The summed E-state index contributed by atoms with van der Waals surface area (Å²) in [7, 11) is 0. The van der Waals surface area contributed by atoms with Crippen LogP contribution in [-0.2, 0) is 9.47 Å². The van der Waals surface area contributed by atoms with E-state index in [1.54, 1.807) is 12.1 Å². The Bertz CT molecular complexity index is 528. The Labute approximate surface area is 171 Å². The first kappa shape index (κ1) is 21.8. The summed E-state index contributed by atoms with van der Waals surface area (Å²) in [6.07, 6.45) is 16.4. The number of hydrogen-bond acceptors (Lipinski definition) is 2. The molecule has 1 aliphatic heterocycles. The fourth-order valence-electron chi connectivity index (χ4n) is 4.94. The van der Waals surface area contributed by atoms with E-state index in [2.05, 4.69) is 6.92 Å². The average Bonchev–Trinajstić information content (AvgIpc) is 2.74. The molecule has 28 heavy (non-hydrogen) atoms. The molecule has 1 aromatic carbocycles. The van der Waals surface area contributed by atoms with Gasteiger partial charge in [-0.25, -0.2) is 4.39 Å². The molecule has 158 valence electrons. The Morgan fingerprint density at radius 1 is 0.786 bits per heavy atom. The third-order valence-electron chi connectivity index (χ3n) is 6.84. The molecule has 0 spiro atoms. The third-order valence-corrected chi connectivity index (χ3v) is 6.84. The summed E-state index contributed by atoms with van der Waals surface area (Å²) in [6.45, 7) is 3.83. The van der Waals surface area contributed by atoms with Crippen LogP contribution in [0.25, 0.3) is 0 Å². The van der Waals surface area contributed by atoms with Crippen molar-refractivity contribution in [2.24, 2.45) is 17.8 Å². The second kappa shape index (κ2) is 11.9. The molecule has 0 radical (unpaired) electrons. The van der Waals surface area contributed by atoms with E-state index >= 15 is 0 Å². The first-order chi connectivity index (χ1) is 13.8. The molecule has 0 bridgehead atoms. The highest BCUT2D eigenvalue weighted by molar-refractivity contribution is 5.17. The van der Waals surface area contributed by atoms with Gasteiger partial charge in [0, 0.05) is 11.5 Å². The van der Waals surface area contributed by atoms with Crippen LogP contribution in [0.15, 0.2) is 24.3 Å². The molecule has 1 aromatic rings. The van der Waals surface area contributed by atoms with Crippen molar-refractivity contribution in [3.05, 3.63) is 35.6 Å². The quantitative estimate of drug-likeness (QED) is 0.387. The van der Waals surface area contributed by atoms with Gasteiger partial charge in [-0.2, -0.15) is 0 Å². The van der Waals surface area contributed by atoms with Crippen LogP contribution in [0.4, 0.5) is 4.39 Å². The summed E-state index contributed by atoms with van der Waals surface area (Å²) in [6, 6.07) is 6.46. The zero-order chi connectivity index (χ0) is 19.6. The van der Waals surface area contributed by atoms with E-state index in [0.717, 1.165) is 30.6 Å². The molecule has 0 N–H and O–H groups in total. The Balaban J connectivity index is 1.28. The number of benzene rings is 1. The Morgan fingerprint density at radius 2 is 1.39 bits per heavy atom. The van der Waals surface area contributed by atoms with Crippen molar-refractivity contribution in [3.8, 4) is 0 Å². The number of hydrogen-bond donors (Lipinski definition) is 0. The van der Waals surface area contributed by atoms with Crippen LogP contribution < -0.4 is 0 Å². The van der Waals surface area contributed by atoms with Crippen molar-refractivity contribution in [1.29, 1.82) is 0 Å². The summed E-state index contributed by atoms with van der Waals surface area (Å²) in [5.41, 5.74) is 0.915. The van der Waals surface area contributed by atoms with Gasteiger partial charge in [0.2, 0.25) is 0 Å². The first-order valence-corrected chi connectivity index (χ1v) is 11.7. The van der Waals surface area contributed by atoms with Crippen LogP contribution in [0.2, 0.25) is 0 Å². The van der Waals surface area contributed by atoms with Gasteiger partial charge in [-0.15, -0.1) is 0 Å². The van der Waals surface area contributed by atoms with Gasteiger partial charge in [-0.3, -0.25) is 0 Å². The second-order valence-corrected chi connectivity index (χ2v) is 9.00. The van der Waals surface area contributed by atoms with Gasteiger partial charge in [-0.1, -0.05) is 83.3 Å². The van der Waals surface area contributed by atoms with Crippen LogP contribution in [0.1, 0.15) is 95.8 Å². The maximum atomic E-state index is 13.1. The number of ether oxygens (including phenoxy) is 2. The molecule has 0 atom stereocenters. The molecular weight excluding hydrogens is 351 g/mol. The highest BCUT2D eigenvalue weighted by Gasteiger charge is 2.32. The van der Waals surface area contributed by atoms with E-state index in [0.29, 0.717) is 5.92 Å². The SMILES string of the molecule is CCCCCCCCC[C@H]1CC[C@H]([C@H]2CO[C@H](c3ccc(F)cc3)OC2)CC1. The maximum absolute atomic E-state index is 13.1. The molecule has 3 heteroatoms. The second-order valence-electron chi connectivity index (χ2n) is 9.00. The van der Waals surface area contributed by atoms with Crippen molar-refractivity contribution in [1.82, 2.24) is 0 Å². The minimum absolute atomic E-state index is 0.217. The topological polar surface area (TPSA) is 18.5 Å². The molecular formula is C25H39FO2. The molecule has 2 aliphatic rings. The Kier molecular flexibility index (Phi) is 9.27. The molecule has 1 heterocycles. The highest BCUT2D eigenvalue weighted by Crippen LogP contribution is 2.38. The number of rotatable bonds is 10. The van der Waals surface area contributed by atoms with Gasteiger partial charge < -0.3 is 9.47 Å². The lowest BCUT2D eigenvalue weighted by atomic mass is 9.74. The lowest BCUT2D eigenvalue weighted by molar-refractivity contribution is -0.214. The van der Waals surface area contributed by atoms with Crippen molar-refractivity contribution >= 4 is 0 Å². The largest absolute Gasteiger partial charge is 0.348 e. The van der Waals surface area contributed by atoms with Crippen molar-refractivity contribution in [2.75, 3.05) is 13.2 Å². The fraction of sp³-hybridized carbons (Fsp3) is 0.760. The zero-order valence-electron chi connectivity index (χ0n) is 17.7. The summed E-state index contributed by atoms with van der Waals surface area (Å²) in [5, 5.41) is 0. The summed E-state index contributed by atoms with van der Waals surface area (Å²) >= 11 is 0. The average molecular weight is 391 g/mol. The Morgan fingerprint density at radius 3 is 2.04 bits per heavy atom. The maximum Gasteiger partial charge on any atom is 0.183 e. The molecule has 0 unspecified atom stereocenters. The van der Waals surface area contributed by atoms with E-state index < -0.39 is 0 Å². The molecule has 1 saturated heterocycles. The first-order valence-electron chi connectivity index (χ1n) is 11.7. The summed E-state index contributed by atoms with van der Waals surface area (Å²) in [4.78, 5) is 0. The molecule has 3 rings (SSSR count). The van der Waals surface area contributed by atoms with Gasteiger partial charge in [0.25, 0.3) is 0 Å². The van der Waals surface area contributed by atoms with Crippen molar-refractivity contribution < 1.29 is 13.9 Å². The molecule has 2 nitrogen and oxygen atoms in total. The van der Waals surface area contributed by atoms with Crippen LogP contribution in [0.5, 0.6) is 0 Å². The molecule has 2 fully saturated rings. The summed E-state index contributed by atoms with van der Waals surface area (Å²) in [5.74, 6) is 2.01. The fourth-order valence-corrected chi connectivity index (χ4v) is 4.94. The van der Waals surface area contributed by atoms with Gasteiger partial charge >= 0.3 is 0 Å². The smallest absolute Gasteiger partial charge is 0.183 e.